The number of ether oxygens (including phenoxy) is 1. The quantitative estimate of drug-likeness (QED) is 0.547. The molecule has 0 radical (unpaired) electrons. The van der Waals surface area contributed by atoms with Gasteiger partial charge in [0.25, 0.3) is 0 Å². The highest BCUT2D eigenvalue weighted by atomic mass is 19.2. The first-order valence-corrected chi connectivity index (χ1v) is 9.09. The summed E-state index contributed by atoms with van der Waals surface area (Å²) < 4.78 is 48.0. The van der Waals surface area contributed by atoms with Crippen LogP contribution in [0.4, 0.5) is 13.2 Å². The smallest absolute Gasteiger partial charge is 0.166 e. The second kappa shape index (κ2) is 7.98. The van der Waals surface area contributed by atoms with Gasteiger partial charge in [0.15, 0.2) is 23.2 Å². The Labute approximate surface area is 152 Å². The molecule has 2 aromatic rings. The van der Waals surface area contributed by atoms with E-state index in [0.717, 1.165) is 24.8 Å². The van der Waals surface area contributed by atoms with Crippen molar-refractivity contribution in [1.82, 2.24) is 0 Å². The number of unbranched alkanes of at least 4 members (excludes halogenated alkanes) is 2. The first-order chi connectivity index (χ1) is 12.5. The van der Waals surface area contributed by atoms with Gasteiger partial charge >= 0.3 is 0 Å². The fourth-order valence-corrected chi connectivity index (χ4v) is 3.46. The molecule has 0 spiro atoms. The molecule has 3 rings (SSSR count). The minimum Gasteiger partial charge on any atom is -0.494 e. The van der Waals surface area contributed by atoms with E-state index in [1.807, 2.05) is 0 Å². The normalized spacial score (nSPS) is 13.3. The molecule has 1 aliphatic rings. The lowest BCUT2D eigenvalue weighted by Gasteiger charge is -2.19. The fourth-order valence-electron chi connectivity index (χ4n) is 3.46. The monoisotopic (exact) mass is 360 g/mol. The zero-order valence-electron chi connectivity index (χ0n) is 15.2. The van der Waals surface area contributed by atoms with Crippen LogP contribution in [0, 0.1) is 17.5 Å². The maximum Gasteiger partial charge on any atom is 0.166 e. The first kappa shape index (κ1) is 18.6. The maximum atomic E-state index is 14.6. The van der Waals surface area contributed by atoms with E-state index in [1.54, 1.807) is 24.3 Å². The molecule has 1 nitrogen and oxygen atoms in total. The van der Waals surface area contributed by atoms with Crippen molar-refractivity contribution in [1.29, 1.82) is 0 Å². The molecule has 0 fully saturated rings. The second-order valence-electron chi connectivity index (χ2n) is 6.71. The minimum absolute atomic E-state index is 0.203. The number of fused-ring (bicyclic) bond motifs is 1. The van der Waals surface area contributed by atoms with Crippen molar-refractivity contribution in [3.63, 3.8) is 0 Å². The Morgan fingerprint density at radius 3 is 2.54 bits per heavy atom. The van der Waals surface area contributed by atoms with Crippen LogP contribution >= 0.6 is 0 Å². The number of hydrogen-bond donors (Lipinski definition) is 0. The SMILES string of the molecule is CCCCCc1ccc(C2=Cc3cc(F)c(OC)cc3CC2)c(F)c1F. The van der Waals surface area contributed by atoms with Crippen LogP contribution in [0.25, 0.3) is 11.6 Å². The Morgan fingerprint density at radius 2 is 1.81 bits per heavy atom. The predicted molar refractivity (Wildman–Crippen MR) is 98.7 cm³/mol. The largest absolute Gasteiger partial charge is 0.494 e. The zero-order valence-corrected chi connectivity index (χ0v) is 15.2. The van der Waals surface area contributed by atoms with Crippen molar-refractivity contribution in [3.8, 4) is 5.75 Å². The van der Waals surface area contributed by atoms with Gasteiger partial charge in [-0.05, 0) is 60.1 Å². The summed E-state index contributed by atoms with van der Waals surface area (Å²) in [6.45, 7) is 2.08. The molecule has 1 aliphatic carbocycles. The fraction of sp³-hybridized carbons (Fsp3) is 0.364. The van der Waals surface area contributed by atoms with Crippen molar-refractivity contribution in [2.24, 2.45) is 0 Å². The summed E-state index contributed by atoms with van der Waals surface area (Å²) in [4.78, 5) is 0. The molecule has 0 heterocycles. The summed E-state index contributed by atoms with van der Waals surface area (Å²) in [6.07, 6.45) is 6.39. The summed E-state index contributed by atoms with van der Waals surface area (Å²) in [7, 11) is 1.43. The van der Waals surface area contributed by atoms with Crippen LogP contribution in [-0.4, -0.2) is 7.11 Å². The molecule has 0 bridgehead atoms. The van der Waals surface area contributed by atoms with Gasteiger partial charge < -0.3 is 4.74 Å². The lowest BCUT2D eigenvalue weighted by atomic mass is 9.87. The van der Waals surface area contributed by atoms with E-state index >= 15 is 0 Å². The minimum atomic E-state index is -0.803. The number of allylic oxidation sites excluding steroid dienone is 1. The van der Waals surface area contributed by atoms with Crippen molar-refractivity contribution >= 4 is 11.6 Å². The summed E-state index contributed by atoms with van der Waals surface area (Å²) in [5, 5.41) is 0. The Kier molecular flexibility index (Phi) is 5.70. The molecule has 0 atom stereocenters. The van der Waals surface area contributed by atoms with Crippen molar-refractivity contribution < 1.29 is 17.9 Å². The lowest BCUT2D eigenvalue weighted by Crippen LogP contribution is -2.05. The standard InChI is InChI=1S/C22H23F3O/c1-3-4-5-6-14-9-10-18(22(25)21(14)24)16-8-7-15-13-20(26-2)19(23)12-17(15)11-16/h9-13H,3-8H2,1-2H3. The van der Waals surface area contributed by atoms with Gasteiger partial charge in [0.05, 0.1) is 7.11 Å². The Hall–Kier alpha value is -2.23. The van der Waals surface area contributed by atoms with Crippen LogP contribution in [0.5, 0.6) is 5.75 Å². The molecule has 0 N–H and O–H groups in total. The number of hydrogen-bond acceptors (Lipinski definition) is 1. The molecular formula is C22H23F3O. The molecule has 2 aromatic carbocycles. The van der Waals surface area contributed by atoms with Crippen LogP contribution in [-0.2, 0) is 12.8 Å². The molecule has 0 saturated heterocycles. The third kappa shape index (κ3) is 3.64. The highest BCUT2D eigenvalue weighted by molar-refractivity contribution is 5.85. The maximum absolute atomic E-state index is 14.6. The highest BCUT2D eigenvalue weighted by Crippen LogP contribution is 2.35. The molecule has 0 amide bonds. The van der Waals surface area contributed by atoms with Crippen LogP contribution in [0.15, 0.2) is 24.3 Å². The topological polar surface area (TPSA) is 9.23 Å². The highest BCUT2D eigenvalue weighted by Gasteiger charge is 2.20. The van der Waals surface area contributed by atoms with Gasteiger partial charge in [0.2, 0.25) is 0 Å². The van der Waals surface area contributed by atoms with Crippen molar-refractivity contribution in [2.45, 2.75) is 45.4 Å². The van der Waals surface area contributed by atoms with E-state index in [4.69, 9.17) is 4.74 Å². The average molecular weight is 360 g/mol. The molecule has 138 valence electrons. The van der Waals surface area contributed by atoms with Crippen LogP contribution < -0.4 is 4.74 Å². The van der Waals surface area contributed by atoms with Crippen molar-refractivity contribution in [2.75, 3.05) is 7.11 Å². The Morgan fingerprint density at radius 1 is 1.00 bits per heavy atom. The second-order valence-corrected chi connectivity index (χ2v) is 6.71. The third-order valence-electron chi connectivity index (χ3n) is 4.96. The summed E-state index contributed by atoms with van der Waals surface area (Å²) in [6, 6.07) is 6.39. The molecule has 4 heteroatoms. The molecule has 0 aliphatic heterocycles. The molecule has 0 aromatic heterocycles. The summed E-state index contributed by atoms with van der Waals surface area (Å²) >= 11 is 0. The van der Waals surface area contributed by atoms with Gasteiger partial charge in [0.1, 0.15) is 0 Å². The average Bonchev–Trinajstić information content (AvgIpc) is 2.64. The Bertz CT molecular complexity index is 840. The number of aryl methyl sites for hydroxylation is 2. The van der Waals surface area contributed by atoms with Gasteiger partial charge in [-0.2, -0.15) is 0 Å². The van der Waals surface area contributed by atoms with Crippen LogP contribution in [0.2, 0.25) is 0 Å². The number of halogens is 3. The van der Waals surface area contributed by atoms with E-state index in [9.17, 15) is 13.2 Å². The zero-order chi connectivity index (χ0) is 18.7. The summed E-state index contributed by atoms with van der Waals surface area (Å²) in [5.74, 6) is -1.81. The number of rotatable bonds is 6. The number of methoxy groups -OCH3 is 1. The van der Waals surface area contributed by atoms with E-state index in [1.165, 1.54) is 13.2 Å². The van der Waals surface area contributed by atoms with Gasteiger partial charge in [0, 0.05) is 5.56 Å². The Balaban J connectivity index is 1.92. The van der Waals surface area contributed by atoms with Gasteiger partial charge in [-0.25, -0.2) is 13.2 Å². The van der Waals surface area contributed by atoms with E-state index < -0.39 is 17.5 Å². The lowest BCUT2D eigenvalue weighted by molar-refractivity contribution is 0.386. The summed E-state index contributed by atoms with van der Waals surface area (Å²) in [5.41, 5.74) is 3.02. The first-order valence-electron chi connectivity index (χ1n) is 9.09. The van der Waals surface area contributed by atoms with E-state index in [2.05, 4.69) is 6.92 Å². The molecule has 0 unspecified atom stereocenters. The van der Waals surface area contributed by atoms with E-state index in [0.29, 0.717) is 36.0 Å². The third-order valence-corrected chi connectivity index (χ3v) is 4.96. The van der Waals surface area contributed by atoms with Crippen LogP contribution in [0.1, 0.15) is 54.9 Å². The van der Waals surface area contributed by atoms with Gasteiger partial charge in [-0.1, -0.05) is 38.0 Å². The molecule has 26 heavy (non-hydrogen) atoms. The van der Waals surface area contributed by atoms with Gasteiger partial charge in [-0.15, -0.1) is 0 Å². The van der Waals surface area contributed by atoms with E-state index in [-0.39, 0.29) is 11.3 Å². The van der Waals surface area contributed by atoms with Gasteiger partial charge in [-0.3, -0.25) is 0 Å². The molecular weight excluding hydrogens is 337 g/mol. The van der Waals surface area contributed by atoms with Crippen LogP contribution in [0.3, 0.4) is 0 Å². The number of benzene rings is 2. The van der Waals surface area contributed by atoms with Crippen molar-refractivity contribution in [3.05, 3.63) is 64.0 Å². The molecule has 0 saturated carbocycles. The predicted octanol–water partition coefficient (Wildman–Crippen LogP) is 6.33.